The molecule has 0 spiro atoms. The van der Waals surface area contributed by atoms with Crippen molar-refractivity contribution in [1.29, 1.82) is 5.26 Å². The number of methoxy groups -OCH3 is 1. The topological polar surface area (TPSA) is 107 Å². The summed E-state index contributed by atoms with van der Waals surface area (Å²) in [6, 6.07) is 10.5. The lowest BCUT2D eigenvalue weighted by molar-refractivity contribution is 0.167. The van der Waals surface area contributed by atoms with Crippen LogP contribution in [0.5, 0.6) is 6.01 Å². The van der Waals surface area contributed by atoms with Crippen molar-refractivity contribution in [1.82, 2.24) is 30.0 Å². The van der Waals surface area contributed by atoms with E-state index in [1.165, 1.54) is 17.4 Å². The molecule has 2 atom stereocenters. The largest absolute Gasteiger partial charge is 0.467 e. The Balaban J connectivity index is 1.34. The van der Waals surface area contributed by atoms with Gasteiger partial charge in [0, 0.05) is 59.5 Å². The van der Waals surface area contributed by atoms with Crippen LogP contribution in [0.1, 0.15) is 31.2 Å². The molecule has 0 radical (unpaired) electrons. The number of hydrogen-bond acceptors (Lipinski definition) is 9. The second kappa shape index (κ2) is 10.4. The minimum absolute atomic E-state index is 0.200. The summed E-state index contributed by atoms with van der Waals surface area (Å²) in [5.74, 6) is 2.99. The van der Waals surface area contributed by atoms with E-state index in [2.05, 4.69) is 32.0 Å². The molecule has 1 N–H and O–H groups in total. The SMILES string of the molecule is C#Cc1c(F)ccc2cc3[nH]ncc3c(-c3nccc4c3sc3nc(OC)nc(N5CC6CCC(C5)N6CCCC#N)c34)c12. The third-order valence-corrected chi connectivity index (χ3v) is 10.2. The highest BCUT2D eigenvalue weighted by Gasteiger charge is 2.40. The maximum atomic E-state index is 15.1. The van der Waals surface area contributed by atoms with Gasteiger partial charge in [0.25, 0.3) is 0 Å². The lowest BCUT2D eigenvalue weighted by Gasteiger charge is -2.41. The molecule has 11 heteroatoms. The van der Waals surface area contributed by atoms with Crippen molar-refractivity contribution in [2.45, 2.75) is 37.8 Å². The fourth-order valence-electron chi connectivity index (χ4n) is 7.20. The first-order valence-electron chi connectivity index (χ1n) is 14.7. The number of hydrogen-bond donors (Lipinski definition) is 1. The molecule has 6 heterocycles. The number of anilines is 1. The first-order chi connectivity index (χ1) is 21.6. The Bertz CT molecular complexity index is 2180. The predicted octanol–water partition coefficient (Wildman–Crippen LogP) is 6.02. The molecule has 2 bridgehead atoms. The van der Waals surface area contributed by atoms with Crippen LogP contribution in [0.4, 0.5) is 10.2 Å². The van der Waals surface area contributed by atoms with Crippen molar-refractivity contribution >= 4 is 59.1 Å². The standard InChI is InChI=1S/C33H27FN8OS/c1-3-21-24(34)9-6-18-14-25-23(15-37-40-25)27(26(18)21)29-30-22(10-12-36-29)28-31(38-33(43-2)39-32(28)44-30)41-16-19-7-8-20(17-41)42(19)13-5-4-11-35/h1,6,9-10,12,14-15,19-20H,4-5,7-8,13,16-17H2,2H3,(H,37,40). The second-order valence-electron chi connectivity index (χ2n) is 11.4. The number of terminal acetylenes is 1. The summed E-state index contributed by atoms with van der Waals surface area (Å²) in [6.45, 7) is 2.64. The van der Waals surface area contributed by atoms with Crippen molar-refractivity contribution in [3.8, 4) is 35.7 Å². The number of H-pyrrole nitrogens is 1. The predicted molar refractivity (Wildman–Crippen MR) is 170 cm³/mol. The number of benzene rings is 2. The first-order valence-corrected chi connectivity index (χ1v) is 15.5. The summed E-state index contributed by atoms with van der Waals surface area (Å²) >= 11 is 1.52. The lowest BCUT2D eigenvalue weighted by atomic mass is 9.93. The van der Waals surface area contributed by atoms with Gasteiger partial charge in [0.1, 0.15) is 16.5 Å². The van der Waals surface area contributed by atoms with E-state index in [0.717, 1.165) is 86.9 Å². The van der Waals surface area contributed by atoms with Crippen molar-refractivity contribution in [3.63, 3.8) is 0 Å². The number of ether oxygens (including phenoxy) is 1. The second-order valence-corrected chi connectivity index (χ2v) is 12.4. The number of rotatable bonds is 6. The molecule has 0 aliphatic carbocycles. The Kier molecular flexibility index (Phi) is 6.33. The molecule has 0 saturated carbocycles. The van der Waals surface area contributed by atoms with Gasteiger partial charge in [0.05, 0.1) is 46.2 Å². The number of nitriles is 1. The third kappa shape index (κ3) is 4.00. The number of nitrogens with zero attached hydrogens (tertiary/aromatic N) is 7. The van der Waals surface area contributed by atoms with E-state index in [0.29, 0.717) is 35.6 Å². The zero-order valence-corrected chi connectivity index (χ0v) is 24.8. The Morgan fingerprint density at radius 3 is 2.77 bits per heavy atom. The number of halogens is 1. The van der Waals surface area contributed by atoms with E-state index in [-0.39, 0.29) is 5.56 Å². The van der Waals surface area contributed by atoms with Gasteiger partial charge >= 0.3 is 6.01 Å². The molecule has 2 aromatic carbocycles. The summed E-state index contributed by atoms with van der Waals surface area (Å²) in [5, 5.41) is 20.6. The van der Waals surface area contributed by atoms with Crippen molar-refractivity contribution < 1.29 is 9.13 Å². The normalized spacial score (nSPS) is 18.4. The van der Waals surface area contributed by atoms with Gasteiger partial charge in [-0.2, -0.15) is 20.3 Å². The van der Waals surface area contributed by atoms with Gasteiger partial charge in [-0.15, -0.1) is 17.8 Å². The zero-order chi connectivity index (χ0) is 29.9. The van der Waals surface area contributed by atoms with Crippen LogP contribution in [0.15, 0.2) is 36.7 Å². The average molecular weight is 603 g/mol. The number of nitrogens with one attached hydrogen (secondary N) is 1. The van der Waals surface area contributed by atoms with Crippen molar-refractivity contribution in [2.24, 2.45) is 0 Å². The van der Waals surface area contributed by atoms with Crippen LogP contribution < -0.4 is 9.64 Å². The van der Waals surface area contributed by atoms with Gasteiger partial charge in [0.15, 0.2) is 0 Å². The van der Waals surface area contributed by atoms with Gasteiger partial charge in [-0.1, -0.05) is 12.0 Å². The van der Waals surface area contributed by atoms with E-state index >= 15 is 4.39 Å². The first kappa shape index (κ1) is 26.8. The van der Waals surface area contributed by atoms with Crippen molar-refractivity contribution in [3.05, 3.63) is 48.0 Å². The molecule has 44 heavy (non-hydrogen) atoms. The quantitative estimate of drug-likeness (QED) is 0.182. The monoisotopic (exact) mass is 602 g/mol. The molecular weight excluding hydrogens is 575 g/mol. The van der Waals surface area contributed by atoms with E-state index in [9.17, 15) is 0 Å². The summed E-state index contributed by atoms with van der Waals surface area (Å²) in [7, 11) is 1.59. The van der Waals surface area contributed by atoms with E-state index < -0.39 is 5.82 Å². The molecular formula is C33H27FN8OS. The molecule has 6 aromatic rings. The van der Waals surface area contributed by atoms with Crippen molar-refractivity contribution in [2.75, 3.05) is 31.6 Å². The number of fused-ring (bicyclic) bond motifs is 7. The summed E-state index contributed by atoms with van der Waals surface area (Å²) in [4.78, 5) is 20.3. The van der Waals surface area contributed by atoms with E-state index in [1.54, 1.807) is 25.6 Å². The maximum Gasteiger partial charge on any atom is 0.319 e. The van der Waals surface area contributed by atoms with Crippen LogP contribution in [0, 0.1) is 29.5 Å². The number of unbranched alkanes of at least 4 members (excludes halogenated alkanes) is 1. The van der Waals surface area contributed by atoms with Gasteiger partial charge < -0.3 is 9.64 Å². The molecule has 2 aliphatic rings. The smallest absolute Gasteiger partial charge is 0.319 e. The fraction of sp³-hybridized carbons (Fsp3) is 0.303. The lowest BCUT2D eigenvalue weighted by Crippen LogP contribution is -2.54. The zero-order valence-electron chi connectivity index (χ0n) is 24.0. The maximum absolute atomic E-state index is 15.1. The van der Waals surface area contributed by atoms with Crippen LogP contribution in [0.25, 0.3) is 53.2 Å². The molecule has 9 nitrogen and oxygen atoms in total. The minimum Gasteiger partial charge on any atom is -0.467 e. The van der Waals surface area contributed by atoms with Crippen LogP contribution in [0.2, 0.25) is 0 Å². The molecule has 2 unspecified atom stereocenters. The molecule has 2 fully saturated rings. The molecule has 0 amide bonds. The molecule has 2 aliphatic heterocycles. The van der Waals surface area contributed by atoms with Crippen LogP contribution in [-0.2, 0) is 0 Å². The highest BCUT2D eigenvalue weighted by Crippen LogP contribution is 2.46. The van der Waals surface area contributed by atoms with Gasteiger partial charge in [0.2, 0.25) is 0 Å². The van der Waals surface area contributed by atoms with Gasteiger partial charge in [-0.25, -0.2) is 4.39 Å². The molecule has 2 saturated heterocycles. The van der Waals surface area contributed by atoms with Crippen LogP contribution >= 0.6 is 11.3 Å². The summed E-state index contributed by atoms with van der Waals surface area (Å²) < 4.78 is 21.6. The Hall–Kier alpha value is -4.84. The Morgan fingerprint density at radius 2 is 2.00 bits per heavy atom. The molecule has 8 rings (SSSR count). The number of pyridine rings is 1. The fourth-order valence-corrected chi connectivity index (χ4v) is 8.35. The van der Waals surface area contributed by atoms with Crippen LogP contribution in [0.3, 0.4) is 0 Å². The number of thiophene rings is 1. The average Bonchev–Trinajstić information content (AvgIpc) is 3.72. The summed E-state index contributed by atoms with van der Waals surface area (Å²) in [5.41, 5.74) is 2.44. The van der Waals surface area contributed by atoms with Gasteiger partial charge in [-0.05, 0) is 49.4 Å². The number of aromatic nitrogens is 5. The molecule has 218 valence electrons. The summed E-state index contributed by atoms with van der Waals surface area (Å²) in [6.07, 6.45) is 13.1. The number of aromatic amines is 1. The highest BCUT2D eigenvalue weighted by atomic mass is 32.1. The Labute approximate surface area is 256 Å². The number of piperazine rings is 1. The highest BCUT2D eigenvalue weighted by molar-refractivity contribution is 7.26. The minimum atomic E-state index is -0.452. The molecule has 4 aromatic heterocycles. The third-order valence-electron chi connectivity index (χ3n) is 9.09. The van der Waals surface area contributed by atoms with Gasteiger partial charge in [-0.3, -0.25) is 15.0 Å². The van der Waals surface area contributed by atoms with E-state index in [1.807, 2.05) is 12.1 Å². The Morgan fingerprint density at radius 1 is 1.16 bits per heavy atom. The van der Waals surface area contributed by atoms with E-state index in [4.69, 9.17) is 31.4 Å². The van der Waals surface area contributed by atoms with Crippen LogP contribution in [-0.4, -0.2) is 68.9 Å².